The third-order valence-electron chi connectivity index (χ3n) is 5.27. The van der Waals surface area contributed by atoms with Crippen molar-refractivity contribution < 1.29 is 4.79 Å². The monoisotopic (exact) mass is 393 g/mol. The first-order valence-corrected chi connectivity index (χ1v) is 10.2. The molecule has 1 atom stereocenters. The summed E-state index contributed by atoms with van der Waals surface area (Å²) in [5.41, 5.74) is 2.50. The summed E-state index contributed by atoms with van der Waals surface area (Å²) in [6.07, 6.45) is 2.41. The Morgan fingerprint density at radius 3 is 2.89 bits per heavy atom. The summed E-state index contributed by atoms with van der Waals surface area (Å²) < 4.78 is 0. The number of nitrogens with one attached hydrogen (secondary N) is 1. The third kappa shape index (κ3) is 4.12. The Kier molecular flexibility index (Phi) is 5.49. The van der Waals surface area contributed by atoms with E-state index >= 15 is 0 Å². The van der Waals surface area contributed by atoms with Crippen molar-refractivity contribution in [2.24, 2.45) is 5.92 Å². The molecule has 144 valence electrons. The van der Waals surface area contributed by atoms with Crippen LogP contribution in [0.25, 0.3) is 10.9 Å². The van der Waals surface area contributed by atoms with Crippen molar-refractivity contribution in [1.29, 1.82) is 0 Å². The maximum absolute atomic E-state index is 13.0. The highest BCUT2D eigenvalue weighted by Crippen LogP contribution is 2.26. The lowest BCUT2D eigenvalue weighted by molar-refractivity contribution is 0.0952. The van der Waals surface area contributed by atoms with Crippen molar-refractivity contribution in [1.82, 2.24) is 10.3 Å². The Morgan fingerprint density at radius 1 is 1.21 bits per heavy atom. The number of piperidine rings is 1. The van der Waals surface area contributed by atoms with Gasteiger partial charge in [0.1, 0.15) is 5.82 Å². The first-order valence-electron chi connectivity index (χ1n) is 9.77. The number of carbonyl (C=O) groups excluding carboxylic acids is 1. The summed E-state index contributed by atoms with van der Waals surface area (Å²) >= 11 is 6.05. The van der Waals surface area contributed by atoms with E-state index in [4.69, 9.17) is 16.6 Å². The Balaban J connectivity index is 1.63. The lowest BCUT2D eigenvalue weighted by atomic mass is 10.00. The van der Waals surface area contributed by atoms with E-state index in [2.05, 4.69) is 17.1 Å². The molecule has 0 unspecified atom stereocenters. The second kappa shape index (κ2) is 8.19. The van der Waals surface area contributed by atoms with Gasteiger partial charge in [0.05, 0.1) is 11.1 Å². The van der Waals surface area contributed by atoms with Gasteiger partial charge >= 0.3 is 0 Å². The molecule has 4 nitrogen and oxygen atoms in total. The number of halogens is 1. The summed E-state index contributed by atoms with van der Waals surface area (Å²) in [6.45, 7) is 4.67. The first-order chi connectivity index (χ1) is 13.6. The molecule has 1 aliphatic rings. The molecule has 2 heterocycles. The van der Waals surface area contributed by atoms with Crippen molar-refractivity contribution in [3.8, 4) is 0 Å². The van der Waals surface area contributed by atoms with Crippen molar-refractivity contribution in [2.75, 3.05) is 18.0 Å². The van der Waals surface area contributed by atoms with Crippen molar-refractivity contribution >= 4 is 34.2 Å². The maximum atomic E-state index is 13.0. The van der Waals surface area contributed by atoms with Gasteiger partial charge in [0, 0.05) is 30.0 Å². The second-order valence-corrected chi connectivity index (χ2v) is 7.99. The number of hydrogen-bond acceptors (Lipinski definition) is 3. The van der Waals surface area contributed by atoms with Crippen LogP contribution in [0.15, 0.2) is 54.6 Å². The second-order valence-electron chi connectivity index (χ2n) is 7.55. The zero-order valence-corrected chi connectivity index (χ0v) is 16.7. The SMILES string of the molecule is C[C@H]1CCCN(c2cc(C(=O)NCc3cccc(Cl)c3)c3ccccc3n2)C1. The molecule has 1 N–H and O–H groups in total. The van der Waals surface area contributed by atoms with Gasteiger partial charge in [0.2, 0.25) is 0 Å². The molecule has 1 fully saturated rings. The topological polar surface area (TPSA) is 45.2 Å². The minimum Gasteiger partial charge on any atom is -0.356 e. The van der Waals surface area contributed by atoms with Crippen LogP contribution in [0.3, 0.4) is 0 Å². The van der Waals surface area contributed by atoms with Crippen LogP contribution >= 0.6 is 11.6 Å². The number of fused-ring (bicyclic) bond motifs is 1. The lowest BCUT2D eigenvalue weighted by Gasteiger charge is -2.32. The van der Waals surface area contributed by atoms with E-state index in [9.17, 15) is 4.79 Å². The molecular weight excluding hydrogens is 370 g/mol. The van der Waals surface area contributed by atoms with E-state index in [1.54, 1.807) is 0 Å². The van der Waals surface area contributed by atoms with Gasteiger partial charge < -0.3 is 10.2 Å². The van der Waals surface area contributed by atoms with Crippen LogP contribution in [0, 0.1) is 5.92 Å². The summed E-state index contributed by atoms with van der Waals surface area (Å²) in [5, 5.41) is 4.57. The van der Waals surface area contributed by atoms with Gasteiger partial charge in [-0.05, 0) is 48.6 Å². The van der Waals surface area contributed by atoms with Crippen molar-refractivity contribution in [3.05, 3.63) is 70.7 Å². The first kappa shape index (κ1) is 18.8. The Labute approximate surface area is 170 Å². The number of rotatable bonds is 4. The van der Waals surface area contributed by atoms with Crippen LogP contribution in [-0.4, -0.2) is 24.0 Å². The predicted octanol–water partition coefficient (Wildman–Crippen LogP) is 5.05. The summed E-state index contributed by atoms with van der Waals surface area (Å²) in [5.74, 6) is 1.44. The molecule has 0 radical (unpaired) electrons. The fraction of sp³-hybridized carbons (Fsp3) is 0.304. The standard InChI is InChI=1S/C23H24ClN3O/c1-16-6-5-11-27(15-16)22-13-20(19-9-2-3-10-21(19)26-22)23(28)25-14-17-7-4-8-18(24)12-17/h2-4,7-10,12-13,16H,5-6,11,14-15H2,1H3,(H,25,28)/t16-/m0/s1. The Bertz CT molecular complexity index is 1000. The van der Waals surface area contributed by atoms with E-state index in [0.29, 0.717) is 23.0 Å². The number of para-hydroxylation sites is 1. The zero-order chi connectivity index (χ0) is 19.5. The van der Waals surface area contributed by atoms with E-state index < -0.39 is 0 Å². The molecule has 5 heteroatoms. The molecule has 0 saturated carbocycles. The van der Waals surface area contributed by atoms with Crippen LogP contribution in [0.5, 0.6) is 0 Å². The molecule has 3 aromatic rings. The van der Waals surface area contributed by atoms with Crippen LogP contribution in [0.2, 0.25) is 5.02 Å². The molecule has 1 aliphatic heterocycles. The van der Waals surface area contributed by atoms with Crippen LogP contribution in [0.1, 0.15) is 35.7 Å². The molecule has 1 aromatic heterocycles. The normalized spacial score (nSPS) is 16.9. The molecular formula is C23H24ClN3O. The average Bonchev–Trinajstić information content (AvgIpc) is 2.71. The molecule has 28 heavy (non-hydrogen) atoms. The maximum Gasteiger partial charge on any atom is 0.252 e. The lowest BCUT2D eigenvalue weighted by Crippen LogP contribution is -2.35. The molecule has 0 aliphatic carbocycles. The minimum atomic E-state index is -0.0927. The Morgan fingerprint density at radius 2 is 2.07 bits per heavy atom. The number of benzene rings is 2. The van der Waals surface area contributed by atoms with Gasteiger partial charge in [-0.15, -0.1) is 0 Å². The smallest absolute Gasteiger partial charge is 0.252 e. The van der Waals surface area contributed by atoms with Gasteiger partial charge in [0.15, 0.2) is 0 Å². The largest absolute Gasteiger partial charge is 0.356 e. The summed E-state index contributed by atoms with van der Waals surface area (Å²) in [4.78, 5) is 20.2. The number of nitrogens with zero attached hydrogens (tertiary/aromatic N) is 2. The number of pyridine rings is 1. The summed E-state index contributed by atoms with van der Waals surface area (Å²) in [6, 6.07) is 17.3. The van der Waals surface area contributed by atoms with Crippen molar-refractivity contribution in [3.63, 3.8) is 0 Å². The number of aromatic nitrogens is 1. The number of amides is 1. The van der Waals surface area contributed by atoms with Gasteiger partial charge in [-0.2, -0.15) is 0 Å². The van der Waals surface area contributed by atoms with Gasteiger partial charge in [0.25, 0.3) is 5.91 Å². The molecule has 2 aromatic carbocycles. The quantitative estimate of drug-likeness (QED) is 0.674. The molecule has 1 saturated heterocycles. The van der Waals surface area contributed by atoms with Crippen LogP contribution in [-0.2, 0) is 6.54 Å². The molecule has 4 rings (SSSR count). The van der Waals surface area contributed by atoms with E-state index in [1.165, 1.54) is 6.42 Å². The third-order valence-corrected chi connectivity index (χ3v) is 5.51. The van der Waals surface area contributed by atoms with E-state index in [-0.39, 0.29) is 5.91 Å². The number of carbonyl (C=O) groups is 1. The van der Waals surface area contributed by atoms with Gasteiger partial charge in [-0.3, -0.25) is 4.79 Å². The predicted molar refractivity (Wildman–Crippen MR) is 115 cm³/mol. The van der Waals surface area contributed by atoms with Gasteiger partial charge in [-0.1, -0.05) is 48.9 Å². The zero-order valence-electron chi connectivity index (χ0n) is 16.0. The van der Waals surface area contributed by atoms with Gasteiger partial charge in [-0.25, -0.2) is 4.98 Å². The molecule has 0 bridgehead atoms. The highest BCUT2D eigenvalue weighted by Gasteiger charge is 2.20. The van der Waals surface area contributed by atoms with Crippen molar-refractivity contribution in [2.45, 2.75) is 26.3 Å². The number of hydrogen-bond donors (Lipinski definition) is 1. The van der Waals surface area contributed by atoms with Crippen LogP contribution in [0.4, 0.5) is 5.82 Å². The number of anilines is 1. The van der Waals surface area contributed by atoms with Crippen LogP contribution < -0.4 is 10.2 Å². The fourth-order valence-corrected chi connectivity index (χ4v) is 4.05. The highest BCUT2D eigenvalue weighted by molar-refractivity contribution is 6.30. The summed E-state index contributed by atoms with van der Waals surface area (Å²) in [7, 11) is 0. The molecule has 0 spiro atoms. The fourth-order valence-electron chi connectivity index (χ4n) is 3.83. The highest BCUT2D eigenvalue weighted by atomic mass is 35.5. The average molecular weight is 394 g/mol. The molecule has 1 amide bonds. The van der Waals surface area contributed by atoms with E-state index in [1.807, 2.05) is 54.6 Å². The minimum absolute atomic E-state index is 0.0927. The van der Waals surface area contributed by atoms with E-state index in [0.717, 1.165) is 41.8 Å². The Hall–Kier alpha value is -2.59.